The van der Waals surface area contributed by atoms with E-state index in [0.717, 1.165) is 27.1 Å². The molecule has 26 heavy (non-hydrogen) atoms. The summed E-state index contributed by atoms with van der Waals surface area (Å²) >= 11 is 0. The quantitative estimate of drug-likeness (QED) is 0.193. The standard InChI is InChI=1S/C21H13NO4/c23-18-14-8-7-11-12(17(14)19(24)21(26)20(18)25)6-5-10-9-22-15-4-2-1-3-13(15)16(10)11/h1-9,22-24,26H. The van der Waals surface area contributed by atoms with Crippen LogP contribution in [0.1, 0.15) is 0 Å². The largest absolute Gasteiger partial charge is 0.504 e. The lowest BCUT2D eigenvalue weighted by Crippen LogP contribution is -2.00. The third-order valence-electron chi connectivity index (χ3n) is 4.96. The highest BCUT2D eigenvalue weighted by Crippen LogP contribution is 2.42. The Balaban J connectivity index is 2.12. The van der Waals surface area contributed by atoms with Crippen LogP contribution in [-0.2, 0) is 0 Å². The van der Waals surface area contributed by atoms with E-state index in [1.165, 1.54) is 0 Å². The molecule has 0 bridgehead atoms. The van der Waals surface area contributed by atoms with Gasteiger partial charge in [-0.05, 0) is 28.3 Å². The molecule has 5 nitrogen and oxygen atoms in total. The van der Waals surface area contributed by atoms with E-state index >= 15 is 0 Å². The van der Waals surface area contributed by atoms with Crippen molar-refractivity contribution in [3.8, 4) is 17.2 Å². The highest BCUT2D eigenvalue weighted by Gasteiger charge is 2.19. The number of fused-ring (bicyclic) bond motifs is 7. The summed E-state index contributed by atoms with van der Waals surface area (Å²) in [6, 6.07) is 15.0. The van der Waals surface area contributed by atoms with Gasteiger partial charge in [-0.3, -0.25) is 4.79 Å². The number of pyridine rings is 1. The van der Waals surface area contributed by atoms with E-state index < -0.39 is 22.7 Å². The van der Waals surface area contributed by atoms with Gasteiger partial charge in [0.25, 0.3) is 5.43 Å². The van der Waals surface area contributed by atoms with Crippen molar-refractivity contribution >= 4 is 43.2 Å². The zero-order valence-electron chi connectivity index (χ0n) is 13.4. The lowest BCUT2D eigenvalue weighted by atomic mass is 9.94. The number of aromatic nitrogens is 1. The number of nitrogens with one attached hydrogen (secondary N) is 1. The number of aromatic hydroxyl groups is 3. The first kappa shape index (κ1) is 14.6. The monoisotopic (exact) mass is 343 g/mol. The second-order valence-electron chi connectivity index (χ2n) is 6.32. The summed E-state index contributed by atoms with van der Waals surface area (Å²) in [7, 11) is 0. The van der Waals surface area contributed by atoms with Crippen molar-refractivity contribution < 1.29 is 15.3 Å². The molecule has 0 radical (unpaired) electrons. The Morgan fingerprint density at radius 3 is 2.19 bits per heavy atom. The van der Waals surface area contributed by atoms with Crippen molar-refractivity contribution in [1.82, 2.24) is 4.98 Å². The first-order chi connectivity index (χ1) is 12.6. The molecule has 0 amide bonds. The number of hydrogen-bond acceptors (Lipinski definition) is 4. The minimum absolute atomic E-state index is 0.212. The van der Waals surface area contributed by atoms with Gasteiger partial charge in [-0.2, -0.15) is 0 Å². The van der Waals surface area contributed by atoms with Crippen LogP contribution in [0.2, 0.25) is 0 Å². The molecule has 4 aromatic carbocycles. The number of rotatable bonds is 0. The lowest BCUT2D eigenvalue weighted by Gasteiger charge is -2.12. The predicted molar refractivity (Wildman–Crippen MR) is 102 cm³/mol. The molecule has 5 heteroatoms. The van der Waals surface area contributed by atoms with Crippen molar-refractivity contribution in [2.45, 2.75) is 0 Å². The maximum Gasteiger partial charge on any atom is 0.266 e. The Hall–Kier alpha value is -3.73. The number of phenols is 3. The van der Waals surface area contributed by atoms with Gasteiger partial charge in [-0.1, -0.05) is 36.4 Å². The third-order valence-corrected chi connectivity index (χ3v) is 4.96. The van der Waals surface area contributed by atoms with Gasteiger partial charge >= 0.3 is 0 Å². The number of phenolic OH excluding ortho intramolecular Hbond substituents is 3. The summed E-state index contributed by atoms with van der Waals surface area (Å²) in [4.78, 5) is 15.1. The molecule has 0 aliphatic heterocycles. The van der Waals surface area contributed by atoms with E-state index in [9.17, 15) is 20.1 Å². The smallest absolute Gasteiger partial charge is 0.266 e. The van der Waals surface area contributed by atoms with Crippen LogP contribution in [0.4, 0.5) is 0 Å². The molecule has 0 saturated heterocycles. The summed E-state index contributed by atoms with van der Waals surface area (Å²) in [5.41, 5.74) is -0.00684. The van der Waals surface area contributed by atoms with Crippen molar-refractivity contribution in [3.63, 3.8) is 0 Å². The summed E-state index contributed by atoms with van der Waals surface area (Å²) in [5, 5.41) is 35.4. The number of para-hydroxylation sites is 1. The van der Waals surface area contributed by atoms with Crippen molar-refractivity contribution in [1.29, 1.82) is 0 Å². The molecule has 5 rings (SSSR count). The maximum absolute atomic E-state index is 11.9. The number of aromatic amines is 1. The summed E-state index contributed by atoms with van der Waals surface area (Å²) in [6.07, 6.45) is 1.91. The Kier molecular flexibility index (Phi) is 2.75. The van der Waals surface area contributed by atoms with E-state index in [1.807, 2.05) is 48.7 Å². The molecular weight excluding hydrogens is 330 g/mol. The first-order valence-electron chi connectivity index (χ1n) is 8.10. The average Bonchev–Trinajstić information content (AvgIpc) is 2.69. The second-order valence-corrected chi connectivity index (χ2v) is 6.32. The average molecular weight is 343 g/mol. The molecule has 4 N–H and O–H groups in total. The molecule has 0 atom stereocenters. The fourth-order valence-electron chi connectivity index (χ4n) is 3.74. The molecule has 126 valence electrons. The molecular formula is C21H13NO4. The van der Waals surface area contributed by atoms with Gasteiger partial charge < -0.3 is 20.3 Å². The van der Waals surface area contributed by atoms with Gasteiger partial charge in [0.1, 0.15) is 0 Å². The van der Waals surface area contributed by atoms with Crippen LogP contribution in [0.15, 0.2) is 59.5 Å². The molecule has 0 aliphatic carbocycles. The maximum atomic E-state index is 11.9. The highest BCUT2D eigenvalue weighted by atomic mass is 16.3. The molecule has 0 spiro atoms. The van der Waals surface area contributed by atoms with Crippen LogP contribution in [-0.4, -0.2) is 20.3 Å². The molecule has 0 unspecified atom stereocenters. The topological polar surface area (TPSA) is 93.5 Å². The van der Waals surface area contributed by atoms with Gasteiger partial charge in [0.2, 0.25) is 5.75 Å². The number of hydrogen-bond donors (Lipinski definition) is 4. The molecule has 0 fully saturated rings. The van der Waals surface area contributed by atoms with E-state index in [4.69, 9.17) is 0 Å². The molecule has 5 aromatic rings. The molecule has 0 aliphatic rings. The van der Waals surface area contributed by atoms with Crippen molar-refractivity contribution in [2.75, 3.05) is 0 Å². The fourth-order valence-corrected chi connectivity index (χ4v) is 3.74. The SMILES string of the molecule is O=c1c(O)c(O)c2c(ccc3c2ccc2c[nH]c4ccccc4c23)c1O. The molecule has 0 saturated carbocycles. The zero-order valence-corrected chi connectivity index (χ0v) is 13.4. The van der Waals surface area contributed by atoms with Gasteiger partial charge in [-0.15, -0.1) is 0 Å². The van der Waals surface area contributed by atoms with E-state index in [2.05, 4.69) is 4.98 Å². The lowest BCUT2D eigenvalue weighted by molar-refractivity contribution is 0.397. The van der Waals surface area contributed by atoms with Crippen LogP contribution in [0, 0.1) is 0 Å². The van der Waals surface area contributed by atoms with Crippen LogP contribution < -0.4 is 5.43 Å². The summed E-state index contributed by atoms with van der Waals surface area (Å²) in [5.74, 6) is -1.92. The third kappa shape index (κ3) is 1.71. The predicted octanol–water partition coefficient (Wildman–Crippen LogP) is 4.10. The fraction of sp³-hybridized carbons (Fsp3) is 0. The Morgan fingerprint density at radius 2 is 1.35 bits per heavy atom. The minimum atomic E-state index is -0.977. The van der Waals surface area contributed by atoms with Crippen molar-refractivity contribution in [3.05, 3.63) is 65.0 Å². The first-order valence-corrected chi connectivity index (χ1v) is 8.10. The number of H-pyrrole nitrogens is 1. The second kappa shape index (κ2) is 4.89. The highest BCUT2D eigenvalue weighted by molar-refractivity contribution is 6.25. The van der Waals surface area contributed by atoms with Gasteiger partial charge in [-0.25, -0.2) is 0 Å². The Morgan fingerprint density at radius 1 is 0.654 bits per heavy atom. The summed E-state index contributed by atoms with van der Waals surface area (Å²) < 4.78 is 0. The van der Waals surface area contributed by atoms with Crippen molar-refractivity contribution in [2.24, 2.45) is 0 Å². The zero-order chi connectivity index (χ0) is 18.0. The Bertz CT molecular complexity index is 1430. The van der Waals surface area contributed by atoms with Gasteiger partial charge in [0.05, 0.1) is 0 Å². The number of benzene rings is 4. The minimum Gasteiger partial charge on any atom is -0.504 e. The van der Waals surface area contributed by atoms with Gasteiger partial charge in [0.15, 0.2) is 11.5 Å². The normalized spacial score (nSPS) is 11.7. The van der Waals surface area contributed by atoms with E-state index in [1.54, 1.807) is 6.07 Å². The van der Waals surface area contributed by atoms with Crippen LogP contribution >= 0.6 is 0 Å². The summed E-state index contributed by atoms with van der Waals surface area (Å²) in [6.45, 7) is 0. The van der Waals surface area contributed by atoms with Crippen LogP contribution in [0.3, 0.4) is 0 Å². The molecule has 1 heterocycles. The van der Waals surface area contributed by atoms with E-state index in [0.29, 0.717) is 5.39 Å². The Labute approximate surface area is 146 Å². The van der Waals surface area contributed by atoms with Gasteiger partial charge in [0, 0.05) is 33.3 Å². The van der Waals surface area contributed by atoms with Crippen LogP contribution in [0.5, 0.6) is 17.2 Å². The van der Waals surface area contributed by atoms with Crippen LogP contribution in [0.25, 0.3) is 43.2 Å². The molecule has 1 aromatic heterocycles. The van der Waals surface area contributed by atoms with E-state index in [-0.39, 0.29) is 10.8 Å².